The molecule has 6 nitrogen and oxygen atoms in total. The number of fused-ring (bicyclic) bond motifs is 1. The Morgan fingerprint density at radius 2 is 1.69 bits per heavy atom. The summed E-state index contributed by atoms with van der Waals surface area (Å²) in [5.74, 6) is -4.76. The highest BCUT2D eigenvalue weighted by atomic mass is 19.4. The van der Waals surface area contributed by atoms with Gasteiger partial charge in [0.2, 0.25) is 6.79 Å². The summed E-state index contributed by atoms with van der Waals surface area (Å²) in [5.41, 5.74) is 1.36. The lowest BCUT2D eigenvalue weighted by molar-refractivity contribution is -0.361. The molecule has 0 aliphatic carbocycles. The number of hydrogen-bond donors (Lipinski definition) is 1. The fraction of sp³-hybridized carbons (Fsp3) is 0.316. The number of nitrogens with zero attached hydrogens (tertiary/aromatic N) is 1. The summed E-state index contributed by atoms with van der Waals surface area (Å²) in [5, 5.41) is 2.80. The lowest BCUT2D eigenvalue weighted by Gasteiger charge is -2.27. The molecule has 3 rings (SSSR count). The van der Waals surface area contributed by atoms with E-state index in [0.29, 0.717) is 23.1 Å². The normalized spacial score (nSPS) is 14.0. The van der Waals surface area contributed by atoms with Crippen LogP contribution in [0.4, 0.5) is 30.7 Å². The second-order valence-electron chi connectivity index (χ2n) is 6.40. The van der Waals surface area contributed by atoms with Gasteiger partial charge in [0.05, 0.1) is 13.3 Å². The molecule has 0 unspecified atom stereocenters. The third kappa shape index (κ3) is 4.75. The maximum atomic E-state index is 13.2. The van der Waals surface area contributed by atoms with Gasteiger partial charge in [-0.15, -0.1) is 0 Å². The molecule has 1 aliphatic rings. The molecule has 1 aliphatic heterocycles. The Morgan fingerprint density at radius 1 is 0.969 bits per heavy atom. The van der Waals surface area contributed by atoms with Crippen LogP contribution in [0.2, 0.25) is 0 Å². The van der Waals surface area contributed by atoms with E-state index in [1.165, 1.54) is 25.3 Å². The first-order valence-corrected chi connectivity index (χ1v) is 8.76. The topological polar surface area (TPSA) is 61.3 Å². The molecule has 1 N–H and O–H groups in total. The molecule has 0 saturated heterocycles. The third-order valence-corrected chi connectivity index (χ3v) is 4.19. The van der Waals surface area contributed by atoms with Crippen molar-refractivity contribution < 1.29 is 49.7 Å². The number of alkyl halides is 7. The molecule has 32 heavy (non-hydrogen) atoms. The van der Waals surface area contributed by atoms with Crippen LogP contribution in [0.15, 0.2) is 41.5 Å². The van der Waals surface area contributed by atoms with Crippen LogP contribution in [0, 0.1) is 0 Å². The van der Waals surface area contributed by atoms with Gasteiger partial charge in [0, 0.05) is 0 Å². The fourth-order valence-corrected chi connectivity index (χ4v) is 2.51. The molecule has 13 heteroatoms. The van der Waals surface area contributed by atoms with E-state index < -0.39 is 18.1 Å². The van der Waals surface area contributed by atoms with Crippen molar-refractivity contribution in [3.63, 3.8) is 0 Å². The molecule has 0 amide bonds. The van der Waals surface area contributed by atoms with Crippen molar-refractivity contribution in [3.05, 3.63) is 47.5 Å². The van der Waals surface area contributed by atoms with Crippen molar-refractivity contribution in [3.8, 4) is 23.0 Å². The van der Waals surface area contributed by atoms with Crippen molar-refractivity contribution in [1.82, 2.24) is 5.43 Å². The number of hydrazone groups is 1. The van der Waals surface area contributed by atoms with E-state index >= 15 is 0 Å². The first kappa shape index (κ1) is 23.3. The van der Waals surface area contributed by atoms with Crippen molar-refractivity contribution in [2.24, 2.45) is 5.10 Å². The van der Waals surface area contributed by atoms with Crippen LogP contribution in [0.3, 0.4) is 0 Å². The predicted octanol–water partition coefficient (Wildman–Crippen LogP) is 4.72. The minimum absolute atomic E-state index is 0.0657. The molecule has 0 saturated carbocycles. The highest BCUT2D eigenvalue weighted by Gasteiger charge is 2.73. The SMILES string of the molecule is COc1cc(/C=N/NC(F)(F)C(F)(F)C(F)(F)F)ccc1OCc1ccc2c(c1)OCO2. The largest absolute Gasteiger partial charge is 0.493 e. The summed E-state index contributed by atoms with van der Waals surface area (Å²) in [7, 11) is 1.29. The summed E-state index contributed by atoms with van der Waals surface area (Å²) in [6.45, 7) is 0.228. The molecule has 0 spiro atoms. The number of ether oxygens (including phenoxy) is 4. The molecule has 2 aromatic carbocycles. The van der Waals surface area contributed by atoms with Crippen molar-refractivity contribution in [1.29, 1.82) is 0 Å². The summed E-state index contributed by atoms with van der Waals surface area (Å²) in [6.07, 6.45) is -5.83. The number of nitrogens with one attached hydrogen (secondary N) is 1. The zero-order valence-corrected chi connectivity index (χ0v) is 16.2. The second kappa shape index (κ2) is 8.63. The van der Waals surface area contributed by atoms with Gasteiger partial charge < -0.3 is 18.9 Å². The van der Waals surface area contributed by atoms with Crippen LogP contribution in [0.1, 0.15) is 11.1 Å². The molecule has 2 aromatic rings. The van der Waals surface area contributed by atoms with Crippen molar-refractivity contribution >= 4 is 6.21 Å². The Kier molecular flexibility index (Phi) is 6.28. The Labute approximate surface area is 176 Å². The smallest absolute Gasteiger partial charge is 0.462 e. The van der Waals surface area contributed by atoms with Gasteiger partial charge in [-0.1, -0.05) is 6.07 Å². The number of halogens is 7. The van der Waals surface area contributed by atoms with Crippen molar-refractivity contribution in [2.75, 3.05) is 13.9 Å². The van der Waals surface area contributed by atoms with E-state index in [4.69, 9.17) is 18.9 Å². The Hall–Kier alpha value is -3.38. The molecule has 0 bridgehead atoms. The van der Waals surface area contributed by atoms with Gasteiger partial charge in [-0.25, -0.2) is 5.43 Å². The Balaban J connectivity index is 1.66. The van der Waals surface area contributed by atoms with E-state index in [1.807, 2.05) is 0 Å². The van der Waals surface area contributed by atoms with Crippen LogP contribution < -0.4 is 24.4 Å². The van der Waals surface area contributed by atoms with Crippen LogP contribution in [-0.4, -0.2) is 38.3 Å². The highest BCUT2D eigenvalue weighted by Crippen LogP contribution is 2.45. The van der Waals surface area contributed by atoms with E-state index in [2.05, 4.69) is 5.10 Å². The van der Waals surface area contributed by atoms with Crippen LogP contribution >= 0.6 is 0 Å². The predicted molar refractivity (Wildman–Crippen MR) is 96.6 cm³/mol. The first-order valence-electron chi connectivity index (χ1n) is 8.76. The van der Waals surface area contributed by atoms with Crippen LogP contribution in [0.25, 0.3) is 0 Å². The summed E-state index contributed by atoms with van der Waals surface area (Å²) in [4.78, 5) is 0. The molecular formula is C19H15F7N2O4. The van der Waals surface area contributed by atoms with Crippen LogP contribution in [0.5, 0.6) is 23.0 Å². The molecule has 0 radical (unpaired) electrons. The number of rotatable bonds is 8. The van der Waals surface area contributed by atoms with Gasteiger partial charge in [-0.2, -0.15) is 35.8 Å². The minimum atomic E-state index is -6.46. The summed E-state index contributed by atoms with van der Waals surface area (Å²) < 4.78 is 110. The fourth-order valence-electron chi connectivity index (χ4n) is 2.51. The molecule has 1 heterocycles. The number of benzene rings is 2. The standard InChI is InChI=1S/C19H15F7N2O4/c1-29-15-6-11(8-27-28-19(25,26)17(20,21)18(22,23)24)2-4-13(15)30-9-12-3-5-14-16(7-12)32-10-31-14/h2-8,28H,9-10H2,1H3/b27-8+. The third-order valence-electron chi connectivity index (χ3n) is 4.19. The van der Waals surface area contributed by atoms with E-state index in [0.717, 1.165) is 5.56 Å². The highest BCUT2D eigenvalue weighted by molar-refractivity contribution is 5.80. The zero-order chi connectivity index (χ0) is 23.6. The molecular weight excluding hydrogens is 453 g/mol. The maximum absolute atomic E-state index is 13.2. The van der Waals surface area contributed by atoms with E-state index in [9.17, 15) is 30.7 Å². The zero-order valence-electron chi connectivity index (χ0n) is 16.2. The quantitative estimate of drug-likeness (QED) is 0.263. The summed E-state index contributed by atoms with van der Waals surface area (Å²) in [6, 6.07) is 3.49. The first-order chi connectivity index (χ1) is 14.9. The average Bonchev–Trinajstić information content (AvgIpc) is 3.19. The monoisotopic (exact) mass is 468 g/mol. The molecule has 174 valence electrons. The number of methoxy groups -OCH3 is 1. The second-order valence-corrected chi connectivity index (χ2v) is 6.40. The van der Waals surface area contributed by atoms with Gasteiger partial charge >= 0.3 is 18.1 Å². The molecule has 0 atom stereocenters. The van der Waals surface area contributed by atoms with Crippen molar-refractivity contribution in [2.45, 2.75) is 24.8 Å². The Bertz CT molecular complexity index is 996. The lowest BCUT2D eigenvalue weighted by atomic mass is 10.2. The van der Waals surface area contributed by atoms with Gasteiger partial charge in [-0.3, -0.25) is 0 Å². The molecule has 0 fully saturated rings. The summed E-state index contributed by atoms with van der Waals surface area (Å²) >= 11 is 0. The van der Waals surface area contributed by atoms with Gasteiger partial charge in [0.25, 0.3) is 0 Å². The minimum Gasteiger partial charge on any atom is -0.493 e. The van der Waals surface area contributed by atoms with E-state index in [1.54, 1.807) is 18.2 Å². The lowest BCUT2D eigenvalue weighted by Crippen LogP contribution is -2.58. The van der Waals surface area contributed by atoms with Gasteiger partial charge in [-0.05, 0) is 41.5 Å². The van der Waals surface area contributed by atoms with Gasteiger partial charge in [0.1, 0.15) is 6.61 Å². The van der Waals surface area contributed by atoms with Crippen LogP contribution in [-0.2, 0) is 6.61 Å². The van der Waals surface area contributed by atoms with E-state index in [-0.39, 0.29) is 30.5 Å². The Morgan fingerprint density at radius 3 is 2.38 bits per heavy atom. The average molecular weight is 468 g/mol. The molecule has 0 aromatic heterocycles. The van der Waals surface area contributed by atoms with Gasteiger partial charge in [0.15, 0.2) is 23.0 Å². The number of hydrogen-bond acceptors (Lipinski definition) is 6. The maximum Gasteiger partial charge on any atom is 0.462 e.